The molecule has 0 fully saturated rings. The average Bonchev–Trinajstić information content (AvgIpc) is 2.15. The van der Waals surface area contributed by atoms with Crippen LogP contribution in [-0.2, 0) is 0 Å². The Labute approximate surface area is 89.5 Å². The van der Waals surface area contributed by atoms with Crippen LogP contribution in [0.2, 0.25) is 5.02 Å². The standard InChI is InChI=1S/C11H13ClN2/c1-11(2,7-13)8-14-10-5-3-4-9(12)6-10/h3-6,14H,8H2,1-2H3. The van der Waals surface area contributed by atoms with Crippen LogP contribution in [0.25, 0.3) is 0 Å². The van der Waals surface area contributed by atoms with E-state index < -0.39 is 0 Å². The van der Waals surface area contributed by atoms with Crippen LogP contribution in [0, 0.1) is 16.7 Å². The van der Waals surface area contributed by atoms with Crippen molar-refractivity contribution < 1.29 is 0 Å². The van der Waals surface area contributed by atoms with Crippen LogP contribution in [0.4, 0.5) is 5.69 Å². The Hall–Kier alpha value is -1.20. The molecule has 0 heterocycles. The molecule has 2 nitrogen and oxygen atoms in total. The number of nitrogens with one attached hydrogen (secondary N) is 1. The fourth-order valence-corrected chi connectivity index (χ4v) is 1.15. The highest BCUT2D eigenvalue weighted by atomic mass is 35.5. The van der Waals surface area contributed by atoms with Gasteiger partial charge in [-0.2, -0.15) is 5.26 Å². The molecular weight excluding hydrogens is 196 g/mol. The Bertz CT molecular complexity index is 353. The summed E-state index contributed by atoms with van der Waals surface area (Å²) in [5.74, 6) is 0. The van der Waals surface area contributed by atoms with Crippen LogP contribution in [0.1, 0.15) is 13.8 Å². The fraction of sp³-hybridized carbons (Fsp3) is 0.364. The molecule has 74 valence electrons. The van der Waals surface area contributed by atoms with E-state index in [1.165, 1.54) is 0 Å². The molecule has 1 rings (SSSR count). The van der Waals surface area contributed by atoms with E-state index in [0.29, 0.717) is 11.6 Å². The molecular formula is C11H13ClN2. The number of halogens is 1. The van der Waals surface area contributed by atoms with Crippen molar-refractivity contribution in [2.75, 3.05) is 11.9 Å². The van der Waals surface area contributed by atoms with Crippen molar-refractivity contribution in [2.45, 2.75) is 13.8 Å². The second kappa shape index (κ2) is 4.34. The van der Waals surface area contributed by atoms with Gasteiger partial charge in [0, 0.05) is 17.3 Å². The van der Waals surface area contributed by atoms with Gasteiger partial charge in [-0.1, -0.05) is 17.7 Å². The van der Waals surface area contributed by atoms with Crippen molar-refractivity contribution in [3.63, 3.8) is 0 Å². The van der Waals surface area contributed by atoms with E-state index >= 15 is 0 Å². The van der Waals surface area contributed by atoms with E-state index in [1.54, 1.807) is 0 Å². The number of anilines is 1. The molecule has 0 saturated carbocycles. The minimum absolute atomic E-state index is 0.359. The molecule has 3 heteroatoms. The summed E-state index contributed by atoms with van der Waals surface area (Å²) in [6, 6.07) is 9.70. The largest absolute Gasteiger partial charge is 0.383 e. The van der Waals surface area contributed by atoms with Gasteiger partial charge in [-0.3, -0.25) is 0 Å². The van der Waals surface area contributed by atoms with E-state index in [-0.39, 0.29) is 5.41 Å². The van der Waals surface area contributed by atoms with Gasteiger partial charge in [0.25, 0.3) is 0 Å². The van der Waals surface area contributed by atoms with Crippen molar-refractivity contribution in [3.05, 3.63) is 29.3 Å². The fourth-order valence-electron chi connectivity index (χ4n) is 0.961. The second-order valence-electron chi connectivity index (χ2n) is 3.86. The molecule has 0 bridgehead atoms. The van der Waals surface area contributed by atoms with Gasteiger partial charge in [-0.05, 0) is 32.0 Å². The molecule has 1 N–H and O–H groups in total. The van der Waals surface area contributed by atoms with Gasteiger partial charge in [0.2, 0.25) is 0 Å². The van der Waals surface area contributed by atoms with E-state index in [0.717, 1.165) is 5.69 Å². The third-order valence-corrected chi connectivity index (χ3v) is 2.10. The van der Waals surface area contributed by atoms with Crippen LogP contribution in [0.5, 0.6) is 0 Å². The molecule has 0 amide bonds. The maximum absolute atomic E-state index is 8.81. The highest BCUT2D eigenvalue weighted by Gasteiger charge is 2.15. The highest BCUT2D eigenvalue weighted by Crippen LogP contribution is 2.18. The topological polar surface area (TPSA) is 35.8 Å². The van der Waals surface area contributed by atoms with Crippen LogP contribution in [0.3, 0.4) is 0 Å². The molecule has 1 aromatic rings. The monoisotopic (exact) mass is 208 g/mol. The van der Waals surface area contributed by atoms with Crippen molar-refractivity contribution in [2.24, 2.45) is 5.41 Å². The summed E-state index contributed by atoms with van der Waals surface area (Å²) >= 11 is 5.82. The smallest absolute Gasteiger partial charge is 0.0702 e. The van der Waals surface area contributed by atoms with Gasteiger partial charge in [0.1, 0.15) is 0 Å². The number of nitriles is 1. The van der Waals surface area contributed by atoms with Crippen molar-refractivity contribution in [3.8, 4) is 6.07 Å². The summed E-state index contributed by atoms with van der Waals surface area (Å²) in [7, 11) is 0. The third-order valence-electron chi connectivity index (χ3n) is 1.86. The highest BCUT2D eigenvalue weighted by molar-refractivity contribution is 6.30. The molecule has 0 spiro atoms. The lowest BCUT2D eigenvalue weighted by Crippen LogP contribution is -2.20. The zero-order valence-electron chi connectivity index (χ0n) is 8.34. The predicted molar refractivity (Wildman–Crippen MR) is 59.3 cm³/mol. The average molecular weight is 209 g/mol. The van der Waals surface area contributed by atoms with Crippen molar-refractivity contribution >= 4 is 17.3 Å². The lowest BCUT2D eigenvalue weighted by Gasteiger charge is -2.16. The molecule has 0 unspecified atom stereocenters. The molecule has 1 aromatic carbocycles. The van der Waals surface area contributed by atoms with Crippen LogP contribution in [-0.4, -0.2) is 6.54 Å². The van der Waals surface area contributed by atoms with Gasteiger partial charge in [-0.15, -0.1) is 0 Å². The third kappa shape index (κ3) is 3.27. The van der Waals surface area contributed by atoms with Crippen molar-refractivity contribution in [1.29, 1.82) is 5.26 Å². The summed E-state index contributed by atoms with van der Waals surface area (Å²) in [6.07, 6.45) is 0. The Morgan fingerprint density at radius 2 is 2.21 bits per heavy atom. The van der Waals surface area contributed by atoms with E-state index in [2.05, 4.69) is 11.4 Å². The van der Waals surface area contributed by atoms with E-state index in [9.17, 15) is 0 Å². The first-order chi connectivity index (χ1) is 6.53. The Morgan fingerprint density at radius 1 is 1.50 bits per heavy atom. The van der Waals surface area contributed by atoms with E-state index in [1.807, 2.05) is 38.1 Å². The SMILES string of the molecule is CC(C)(C#N)CNc1cccc(Cl)c1. The molecule has 14 heavy (non-hydrogen) atoms. The lowest BCUT2D eigenvalue weighted by atomic mass is 9.96. The van der Waals surface area contributed by atoms with Crippen LogP contribution >= 0.6 is 11.6 Å². The minimum Gasteiger partial charge on any atom is -0.383 e. The van der Waals surface area contributed by atoms with Gasteiger partial charge in [0.05, 0.1) is 11.5 Å². The molecule has 0 aliphatic heterocycles. The normalized spacial score (nSPS) is 10.7. The number of rotatable bonds is 3. The second-order valence-corrected chi connectivity index (χ2v) is 4.30. The number of hydrogen-bond acceptors (Lipinski definition) is 2. The number of nitrogens with zero attached hydrogens (tertiary/aromatic N) is 1. The Kier molecular flexibility index (Phi) is 3.38. The zero-order chi connectivity index (χ0) is 10.6. The molecule has 0 aromatic heterocycles. The summed E-state index contributed by atoms with van der Waals surface area (Å²) in [4.78, 5) is 0. The molecule has 0 aliphatic carbocycles. The summed E-state index contributed by atoms with van der Waals surface area (Å²) in [5, 5.41) is 12.7. The number of hydrogen-bond donors (Lipinski definition) is 1. The van der Waals surface area contributed by atoms with Gasteiger partial charge >= 0.3 is 0 Å². The molecule has 0 saturated heterocycles. The van der Waals surface area contributed by atoms with Crippen LogP contribution < -0.4 is 5.32 Å². The Morgan fingerprint density at radius 3 is 2.79 bits per heavy atom. The first-order valence-electron chi connectivity index (χ1n) is 4.44. The van der Waals surface area contributed by atoms with Crippen molar-refractivity contribution in [1.82, 2.24) is 0 Å². The Balaban J connectivity index is 2.59. The quantitative estimate of drug-likeness (QED) is 0.828. The first kappa shape index (κ1) is 10.9. The first-order valence-corrected chi connectivity index (χ1v) is 4.82. The van der Waals surface area contributed by atoms with Crippen LogP contribution in [0.15, 0.2) is 24.3 Å². The molecule has 0 radical (unpaired) electrons. The molecule has 0 atom stereocenters. The maximum atomic E-state index is 8.81. The predicted octanol–water partition coefficient (Wildman–Crippen LogP) is 3.30. The van der Waals surface area contributed by atoms with E-state index in [4.69, 9.17) is 16.9 Å². The van der Waals surface area contributed by atoms with Gasteiger partial charge in [0.15, 0.2) is 0 Å². The summed E-state index contributed by atoms with van der Waals surface area (Å²) in [6.45, 7) is 4.40. The lowest BCUT2D eigenvalue weighted by molar-refractivity contribution is 0.529. The summed E-state index contributed by atoms with van der Waals surface area (Å²) < 4.78 is 0. The van der Waals surface area contributed by atoms with Gasteiger partial charge in [-0.25, -0.2) is 0 Å². The minimum atomic E-state index is -0.359. The zero-order valence-corrected chi connectivity index (χ0v) is 9.10. The maximum Gasteiger partial charge on any atom is 0.0702 e. The number of benzene rings is 1. The summed E-state index contributed by atoms with van der Waals surface area (Å²) in [5.41, 5.74) is 0.586. The van der Waals surface area contributed by atoms with Gasteiger partial charge < -0.3 is 5.32 Å². The molecule has 0 aliphatic rings.